The summed E-state index contributed by atoms with van der Waals surface area (Å²) in [4.78, 5) is 13.4. The maximum atomic E-state index is 13.4. The van der Waals surface area contributed by atoms with Gasteiger partial charge in [0.15, 0.2) is 0 Å². The van der Waals surface area contributed by atoms with E-state index in [1.807, 2.05) is 0 Å². The van der Waals surface area contributed by atoms with Gasteiger partial charge in [0.2, 0.25) is 0 Å². The molecule has 0 radical (unpaired) electrons. The second-order valence-corrected chi connectivity index (χ2v) is 20.6. The third kappa shape index (κ3) is 10.1. The van der Waals surface area contributed by atoms with Crippen LogP contribution in [0.5, 0.6) is 0 Å². The Kier molecular flexibility index (Phi) is 16.1. The van der Waals surface area contributed by atoms with Crippen LogP contribution in [0.4, 0.5) is 0 Å². The minimum atomic E-state index is -2.15. The molecular formula is C33H42Cl2NOSiTi. The molecule has 0 bridgehead atoms. The van der Waals surface area contributed by atoms with Crippen LogP contribution in [-0.4, -0.2) is 12.6 Å². The molecule has 39 heavy (non-hydrogen) atoms. The summed E-state index contributed by atoms with van der Waals surface area (Å²) < 4.78 is 4.12. The van der Waals surface area contributed by atoms with E-state index in [1.165, 1.54) is 72.9 Å². The number of benzene rings is 3. The van der Waals surface area contributed by atoms with Gasteiger partial charge in [-0.2, -0.15) is 0 Å². The molecule has 0 saturated heterocycles. The molecule has 1 N–H and O–H groups in total. The van der Waals surface area contributed by atoms with Crippen LogP contribution in [0.2, 0.25) is 0 Å². The van der Waals surface area contributed by atoms with Crippen molar-refractivity contribution in [2.75, 3.05) is 0 Å². The zero-order valence-corrected chi connectivity index (χ0v) is 27.4. The minimum absolute atomic E-state index is 0. The number of allylic oxidation sites excluding steroid dienone is 1. The molecule has 4 rings (SSSR count). The zero-order chi connectivity index (χ0) is 25.7. The first kappa shape index (κ1) is 33.6. The van der Waals surface area contributed by atoms with Crippen LogP contribution in [0.15, 0.2) is 91.0 Å². The van der Waals surface area contributed by atoms with Crippen LogP contribution in [0, 0.1) is 0 Å². The van der Waals surface area contributed by atoms with Gasteiger partial charge in [-0.05, 0) is 0 Å². The molecule has 207 valence electrons. The number of nitrogens with one attached hydrogen (secondary N) is 1. The van der Waals surface area contributed by atoms with E-state index in [1.54, 1.807) is 0 Å². The number of halogens is 2. The van der Waals surface area contributed by atoms with E-state index in [0.717, 1.165) is 6.42 Å². The normalized spacial score (nSPS) is 13.3. The van der Waals surface area contributed by atoms with Gasteiger partial charge in [0.1, 0.15) is 0 Å². The summed E-state index contributed by atoms with van der Waals surface area (Å²) in [5, 5.41) is 2.90. The molecule has 0 saturated carbocycles. The molecule has 0 fully saturated rings. The second kappa shape index (κ2) is 18.7. The summed E-state index contributed by atoms with van der Waals surface area (Å²) in [5.74, 6) is 0.278. The van der Waals surface area contributed by atoms with Crippen LogP contribution in [0.1, 0.15) is 86.5 Å². The van der Waals surface area contributed by atoms with Gasteiger partial charge in [0, 0.05) is 0 Å². The number of carbonyl (C=O) groups excluding carboxylic acids is 1. The summed E-state index contributed by atoms with van der Waals surface area (Å²) >= 11 is -2.15. The van der Waals surface area contributed by atoms with Crippen molar-refractivity contribution >= 4 is 29.0 Å². The van der Waals surface area contributed by atoms with E-state index in [9.17, 15) is 4.79 Å². The van der Waals surface area contributed by atoms with Crippen molar-refractivity contribution in [3.8, 4) is 0 Å². The first-order valence-corrected chi connectivity index (χ1v) is 20.4. The fraction of sp³-hybridized carbons (Fsp3) is 0.364. The van der Waals surface area contributed by atoms with E-state index >= 15 is 0 Å². The molecule has 0 aliphatic heterocycles. The van der Waals surface area contributed by atoms with Crippen LogP contribution in [0.25, 0.3) is 6.08 Å². The summed E-state index contributed by atoms with van der Waals surface area (Å²) in [7, 11) is 0. The standard InChI is InChI=1S/C12H25NO.C12H11Si.C9H7.2ClH.Ti/c1-2-3-4-5-6-7-8-9-10-11-12(13)14;1-3-7-11(8-4-1)13-12-9-5-2-6-10-12;1-2-5-9-7-3-6-8(9)4-1;;;/h2-11H2,1H3,(H2,13,14);1-10,13H;1-7H;2*1H;/q;;;;;+3/p-3. The largest absolute Gasteiger partial charge is 1.00 e. The van der Waals surface area contributed by atoms with E-state index in [2.05, 4.69) is 108 Å². The number of hydrogen-bond acceptors (Lipinski definition) is 1. The molecule has 6 heteroatoms. The minimum Gasteiger partial charge on any atom is -1.00 e. The molecule has 2 nitrogen and oxygen atoms in total. The summed E-state index contributed by atoms with van der Waals surface area (Å²) in [6, 6.07) is 30.8. The molecule has 3 aromatic carbocycles. The van der Waals surface area contributed by atoms with Gasteiger partial charge >= 0.3 is 226 Å². The Morgan fingerprint density at radius 2 is 1.23 bits per heavy atom. The Morgan fingerprint density at radius 1 is 0.718 bits per heavy atom. The Labute approximate surface area is 255 Å². The second-order valence-electron chi connectivity index (χ2n) is 10.3. The third-order valence-corrected chi connectivity index (χ3v) is 21.1. The predicted octanol–water partition coefficient (Wildman–Crippen LogP) is 0.871. The fourth-order valence-corrected chi connectivity index (χ4v) is 20.1. The van der Waals surface area contributed by atoms with Crippen molar-refractivity contribution in [1.82, 2.24) is 3.80 Å². The van der Waals surface area contributed by atoms with Gasteiger partial charge in [-0.3, -0.25) is 0 Å². The Morgan fingerprint density at radius 3 is 1.82 bits per heavy atom. The van der Waals surface area contributed by atoms with Crippen LogP contribution >= 0.6 is 0 Å². The molecular weight excluding hydrogens is 573 g/mol. The average Bonchev–Trinajstić information content (AvgIpc) is 3.37. The summed E-state index contributed by atoms with van der Waals surface area (Å²) in [6.07, 6.45) is 16.8. The SMILES string of the molecule is CCCCCCCCCCCC(=O)[NH][Ti+2]([CH]1C=Cc2ccccc21)[SiH](c1ccccc1)c1ccccc1.[Cl-].[Cl-]. The van der Waals surface area contributed by atoms with Gasteiger partial charge in [-0.15, -0.1) is 0 Å². The fourth-order valence-electron chi connectivity index (χ4n) is 5.51. The monoisotopic (exact) mass is 614 g/mol. The van der Waals surface area contributed by atoms with Gasteiger partial charge < -0.3 is 24.8 Å². The van der Waals surface area contributed by atoms with E-state index in [-0.39, 0.29) is 30.7 Å². The molecule has 0 spiro atoms. The Hall–Kier alpha value is -1.62. The first-order valence-electron chi connectivity index (χ1n) is 14.3. The maximum absolute atomic E-state index is 13.4. The number of carbonyl (C=O) groups is 1. The molecule has 1 aliphatic carbocycles. The molecule has 1 amide bonds. The summed E-state index contributed by atoms with van der Waals surface area (Å²) in [5.41, 5.74) is 2.73. The van der Waals surface area contributed by atoms with Gasteiger partial charge in [0.05, 0.1) is 0 Å². The smallest absolute Gasteiger partial charge is 1.00 e. The van der Waals surface area contributed by atoms with Crippen LogP contribution < -0.4 is 39.0 Å². The number of hydrogen-bond donors (Lipinski definition) is 1. The van der Waals surface area contributed by atoms with Crippen LogP contribution in [-0.2, 0) is 22.2 Å². The van der Waals surface area contributed by atoms with E-state index in [4.69, 9.17) is 0 Å². The summed E-state index contributed by atoms with van der Waals surface area (Å²) in [6.45, 7) is 0.652. The average molecular weight is 616 g/mol. The van der Waals surface area contributed by atoms with Crippen LogP contribution in [0.3, 0.4) is 0 Å². The van der Waals surface area contributed by atoms with Crippen molar-refractivity contribution in [3.63, 3.8) is 0 Å². The van der Waals surface area contributed by atoms with E-state index in [0.29, 0.717) is 10.6 Å². The van der Waals surface area contributed by atoms with Crippen molar-refractivity contribution in [1.29, 1.82) is 0 Å². The van der Waals surface area contributed by atoms with E-state index < -0.39 is 24.0 Å². The number of fused-ring (bicyclic) bond motifs is 1. The van der Waals surface area contributed by atoms with Gasteiger partial charge in [-0.25, -0.2) is 0 Å². The maximum Gasteiger partial charge on any atom is -1.00 e. The van der Waals surface area contributed by atoms with Crippen molar-refractivity contribution in [3.05, 3.63) is 102 Å². The number of unbranched alkanes of at least 4 members (excludes halogenated alkanes) is 8. The Balaban J connectivity index is 0.00000267. The number of rotatable bonds is 15. The van der Waals surface area contributed by atoms with Crippen molar-refractivity contribution in [2.45, 2.75) is 75.4 Å². The molecule has 0 heterocycles. The molecule has 1 atom stereocenters. The number of amides is 1. The van der Waals surface area contributed by atoms with Gasteiger partial charge in [0.25, 0.3) is 0 Å². The molecule has 1 unspecified atom stereocenters. The molecule has 3 aromatic rings. The predicted molar refractivity (Wildman–Crippen MR) is 158 cm³/mol. The molecule has 1 aliphatic rings. The van der Waals surface area contributed by atoms with Crippen molar-refractivity contribution in [2.24, 2.45) is 0 Å². The topological polar surface area (TPSA) is 29.1 Å². The quantitative estimate of drug-likeness (QED) is 0.200. The zero-order valence-electron chi connectivity index (χ0n) is 23.1. The molecule has 0 aromatic heterocycles. The van der Waals surface area contributed by atoms with Gasteiger partial charge in [-0.1, -0.05) is 6.92 Å². The van der Waals surface area contributed by atoms with Crippen molar-refractivity contribution < 1.29 is 47.0 Å². The first-order chi connectivity index (χ1) is 18.3. The Bertz CT molecular complexity index is 1090. The third-order valence-electron chi connectivity index (χ3n) is 7.50.